The van der Waals surface area contributed by atoms with Crippen LogP contribution in [0.25, 0.3) is 0 Å². The number of carboxylic acids is 1. The molecule has 17 heavy (non-hydrogen) atoms. The van der Waals surface area contributed by atoms with E-state index in [0.717, 1.165) is 18.6 Å². The zero-order valence-corrected chi connectivity index (χ0v) is 10.2. The zero-order chi connectivity index (χ0) is 12.9. The molecule has 7 heteroatoms. The molecule has 1 aromatic heterocycles. The Bertz CT molecular complexity index is 473. The van der Waals surface area contributed by atoms with Gasteiger partial charge in [-0.1, -0.05) is 6.92 Å². The summed E-state index contributed by atoms with van der Waals surface area (Å²) in [5.41, 5.74) is 0. The summed E-state index contributed by atoms with van der Waals surface area (Å²) in [5.74, 6) is -1.91. The first kappa shape index (κ1) is 13.7. The Balaban J connectivity index is 2.66. The third kappa shape index (κ3) is 3.86. The number of carboxylic acid groups (broad SMARTS) is 1. The summed E-state index contributed by atoms with van der Waals surface area (Å²) in [7, 11) is -3.61. The van der Waals surface area contributed by atoms with E-state index < -0.39 is 21.6 Å². The van der Waals surface area contributed by atoms with Crippen LogP contribution in [0.2, 0.25) is 0 Å². The van der Waals surface area contributed by atoms with E-state index in [2.05, 4.69) is 0 Å². The topological polar surface area (TPSA) is 93.8 Å². The van der Waals surface area contributed by atoms with E-state index >= 15 is 0 Å². The fraction of sp³-hybridized carbons (Fsp3) is 0.500. The molecule has 0 aromatic carbocycles. The summed E-state index contributed by atoms with van der Waals surface area (Å²) >= 11 is 0. The van der Waals surface area contributed by atoms with E-state index in [4.69, 9.17) is 14.3 Å². The number of aromatic carboxylic acids is 1. The van der Waals surface area contributed by atoms with E-state index in [0.29, 0.717) is 6.61 Å². The van der Waals surface area contributed by atoms with E-state index in [1.54, 1.807) is 0 Å². The van der Waals surface area contributed by atoms with Crippen molar-refractivity contribution >= 4 is 15.8 Å². The van der Waals surface area contributed by atoms with Crippen LogP contribution in [0.3, 0.4) is 0 Å². The van der Waals surface area contributed by atoms with Gasteiger partial charge in [-0.3, -0.25) is 0 Å². The number of furan rings is 1. The molecular formula is C10H14O6S. The van der Waals surface area contributed by atoms with Crippen molar-refractivity contribution in [1.29, 1.82) is 0 Å². The average molecular weight is 262 g/mol. The molecule has 0 unspecified atom stereocenters. The first-order valence-corrected chi connectivity index (χ1v) is 6.76. The molecule has 1 heterocycles. The third-order valence-corrected chi connectivity index (χ3v) is 3.48. The number of hydrogen-bond acceptors (Lipinski definition) is 5. The summed E-state index contributed by atoms with van der Waals surface area (Å²) in [6.45, 7) is 2.48. The third-order valence-electron chi connectivity index (χ3n) is 1.94. The van der Waals surface area contributed by atoms with Gasteiger partial charge in [0.25, 0.3) is 0 Å². The quantitative estimate of drug-likeness (QED) is 0.741. The highest BCUT2D eigenvalue weighted by Crippen LogP contribution is 2.15. The van der Waals surface area contributed by atoms with E-state index in [1.807, 2.05) is 6.92 Å². The Kier molecular flexibility index (Phi) is 4.71. The molecular weight excluding hydrogens is 248 g/mol. The van der Waals surface area contributed by atoms with Gasteiger partial charge >= 0.3 is 5.97 Å². The van der Waals surface area contributed by atoms with E-state index in [1.165, 1.54) is 0 Å². The Morgan fingerprint density at radius 3 is 2.65 bits per heavy atom. The molecule has 0 aliphatic heterocycles. The monoisotopic (exact) mass is 262 g/mol. The van der Waals surface area contributed by atoms with Crippen LogP contribution in [0.5, 0.6) is 0 Å². The van der Waals surface area contributed by atoms with Crippen molar-refractivity contribution in [2.24, 2.45) is 0 Å². The predicted molar refractivity (Wildman–Crippen MR) is 58.8 cm³/mol. The van der Waals surface area contributed by atoms with E-state index in [-0.39, 0.29) is 17.5 Å². The Hall–Kier alpha value is -1.34. The smallest absolute Gasteiger partial charge is 0.371 e. The van der Waals surface area contributed by atoms with Crippen LogP contribution in [-0.4, -0.2) is 38.5 Å². The van der Waals surface area contributed by atoms with Gasteiger partial charge in [0.15, 0.2) is 0 Å². The minimum absolute atomic E-state index is 0.0687. The second kappa shape index (κ2) is 5.83. The van der Waals surface area contributed by atoms with Gasteiger partial charge in [-0.2, -0.15) is 0 Å². The minimum Gasteiger partial charge on any atom is -0.475 e. The maximum absolute atomic E-state index is 11.7. The highest BCUT2D eigenvalue weighted by atomic mass is 32.2. The van der Waals surface area contributed by atoms with Crippen molar-refractivity contribution in [3.8, 4) is 0 Å². The fourth-order valence-corrected chi connectivity index (χ4v) is 2.15. The molecule has 0 saturated carbocycles. The number of sulfone groups is 1. The normalized spacial score (nSPS) is 11.6. The molecule has 6 nitrogen and oxygen atoms in total. The standard InChI is InChI=1S/C10H14O6S/c1-2-5-15-6-7-17(13,14)9-4-3-8(16-9)10(11)12/h3-4H,2,5-7H2,1H3,(H,11,12). The zero-order valence-electron chi connectivity index (χ0n) is 9.38. The molecule has 1 N–H and O–H groups in total. The largest absolute Gasteiger partial charge is 0.475 e. The molecule has 0 radical (unpaired) electrons. The summed E-state index contributed by atoms with van der Waals surface area (Å²) < 4.78 is 33.1. The molecule has 0 amide bonds. The number of ether oxygens (including phenoxy) is 1. The second-order valence-electron chi connectivity index (χ2n) is 3.36. The average Bonchev–Trinajstić information content (AvgIpc) is 2.74. The maximum Gasteiger partial charge on any atom is 0.371 e. The number of carbonyl (C=O) groups is 1. The van der Waals surface area contributed by atoms with Gasteiger partial charge in [0.2, 0.25) is 20.7 Å². The lowest BCUT2D eigenvalue weighted by molar-refractivity contribution is 0.0656. The molecule has 0 atom stereocenters. The Morgan fingerprint density at radius 2 is 2.12 bits per heavy atom. The molecule has 0 aliphatic rings. The fourth-order valence-electron chi connectivity index (χ4n) is 1.12. The molecule has 0 saturated heterocycles. The lowest BCUT2D eigenvalue weighted by Gasteiger charge is -2.02. The Morgan fingerprint density at radius 1 is 1.41 bits per heavy atom. The van der Waals surface area contributed by atoms with Gasteiger partial charge in [0.1, 0.15) is 0 Å². The van der Waals surface area contributed by atoms with Crippen molar-refractivity contribution in [3.63, 3.8) is 0 Å². The lowest BCUT2D eigenvalue weighted by atomic mass is 10.5. The Labute approximate surface area is 99.1 Å². The predicted octanol–water partition coefficient (Wildman–Crippen LogP) is 1.18. The van der Waals surface area contributed by atoms with Crippen LogP contribution in [0.1, 0.15) is 23.9 Å². The van der Waals surface area contributed by atoms with Crippen molar-refractivity contribution in [2.45, 2.75) is 18.4 Å². The minimum atomic E-state index is -3.61. The summed E-state index contributed by atoms with van der Waals surface area (Å²) in [6.07, 6.45) is 0.809. The van der Waals surface area contributed by atoms with Crippen LogP contribution < -0.4 is 0 Å². The van der Waals surface area contributed by atoms with Crippen molar-refractivity contribution < 1.29 is 27.5 Å². The molecule has 0 spiro atoms. The summed E-state index contributed by atoms with van der Waals surface area (Å²) in [5, 5.41) is 8.26. The van der Waals surface area contributed by atoms with Crippen LogP contribution in [0.4, 0.5) is 0 Å². The SMILES string of the molecule is CCCOCCS(=O)(=O)c1ccc(C(=O)O)o1. The van der Waals surface area contributed by atoms with Gasteiger partial charge in [-0.15, -0.1) is 0 Å². The van der Waals surface area contributed by atoms with E-state index in [9.17, 15) is 13.2 Å². The molecule has 1 rings (SSSR count). The molecule has 0 fully saturated rings. The maximum atomic E-state index is 11.7. The molecule has 1 aromatic rings. The van der Waals surface area contributed by atoms with Gasteiger partial charge in [0.05, 0.1) is 12.4 Å². The van der Waals surface area contributed by atoms with Crippen molar-refractivity contribution in [1.82, 2.24) is 0 Å². The lowest BCUT2D eigenvalue weighted by Crippen LogP contribution is -2.12. The first-order valence-electron chi connectivity index (χ1n) is 5.11. The van der Waals surface area contributed by atoms with Gasteiger partial charge in [-0.05, 0) is 18.6 Å². The second-order valence-corrected chi connectivity index (χ2v) is 5.40. The number of hydrogen-bond donors (Lipinski definition) is 1. The molecule has 96 valence electrons. The number of rotatable bonds is 7. The van der Waals surface area contributed by atoms with Crippen LogP contribution in [0, 0.1) is 0 Å². The first-order chi connectivity index (χ1) is 7.97. The van der Waals surface area contributed by atoms with Crippen molar-refractivity contribution in [2.75, 3.05) is 19.0 Å². The molecule has 0 bridgehead atoms. The highest BCUT2D eigenvalue weighted by molar-refractivity contribution is 7.91. The summed E-state index contributed by atoms with van der Waals surface area (Å²) in [4.78, 5) is 10.5. The van der Waals surface area contributed by atoms with Gasteiger partial charge in [-0.25, -0.2) is 13.2 Å². The van der Waals surface area contributed by atoms with Crippen LogP contribution in [0.15, 0.2) is 21.6 Å². The highest BCUT2D eigenvalue weighted by Gasteiger charge is 2.20. The summed E-state index contributed by atoms with van der Waals surface area (Å²) in [6, 6.07) is 2.25. The van der Waals surface area contributed by atoms with Gasteiger partial charge in [0, 0.05) is 6.61 Å². The van der Waals surface area contributed by atoms with Crippen LogP contribution in [-0.2, 0) is 14.6 Å². The molecule has 0 aliphatic carbocycles. The van der Waals surface area contributed by atoms with Gasteiger partial charge < -0.3 is 14.3 Å². The van der Waals surface area contributed by atoms with Crippen molar-refractivity contribution in [3.05, 3.63) is 17.9 Å². The van der Waals surface area contributed by atoms with Crippen LogP contribution >= 0.6 is 0 Å².